The summed E-state index contributed by atoms with van der Waals surface area (Å²) in [5, 5.41) is 12.1. The molecule has 2 N–H and O–H groups in total. The van der Waals surface area contributed by atoms with Crippen molar-refractivity contribution in [2.75, 3.05) is 7.11 Å². The highest BCUT2D eigenvalue weighted by Gasteiger charge is 2.36. The average molecular weight is 332 g/mol. The van der Waals surface area contributed by atoms with E-state index in [1.165, 1.54) is 13.3 Å². The third-order valence-electron chi connectivity index (χ3n) is 3.90. The van der Waals surface area contributed by atoms with Gasteiger partial charge in [-0.05, 0) is 30.4 Å². The number of carbonyl (C=O) groups is 1. The van der Waals surface area contributed by atoms with Crippen molar-refractivity contribution in [2.45, 2.75) is 44.0 Å². The predicted molar refractivity (Wildman–Crippen MR) is 75.7 cm³/mol. The highest BCUT2D eigenvalue weighted by Crippen LogP contribution is 2.38. The lowest BCUT2D eigenvalue weighted by atomic mass is 9.75. The molecule has 1 atom stereocenters. The Bertz CT molecular complexity index is 545. The number of aliphatic hydroxyl groups is 1. The summed E-state index contributed by atoms with van der Waals surface area (Å²) in [4.78, 5) is 15.8. The van der Waals surface area contributed by atoms with Crippen molar-refractivity contribution in [2.24, 2.45) is 5.92 Å². The summed E-state index contributed by atoms with van der Waals surface area (Å²) in [5.41, 5.74) is 0.654. The van der Waals surface area contributed by atoms with Gasteiger partial charge in [-0.1, -0.05) is 0 Å². The van der Waals surface area contributed by atoms with E-state index < -0.39 is 37.1 Å². The molecule has 1 heterocycles. The van der Waals surface area contributed by atoms with E-state index >= 15 is 0 Å². The van der Waals surface area contributed by atoms with Crippen molar-refractivity contribution in [3.8, 4) is 5.75 Å². The molecule has 1 fully saturated rings. The van der Waals surface area contributed by atoms with Gasteiger partial charge >= 0.3 is 6.18 Å². The SMILES string of the molecule is COc1cncc(C(NC(=O)CCC(F)(F)F)C2CC(O)C2)c1. The fourth-order valence-electron chi connectivity index (χ4n) is 2.59. The zero-order chi connectivity index (χ0) is 17.0. The van der Waals surface area contributed by atoms with E-state index in [2.05, 4.69) is 10.3 Å². The number of nitrogens with zero attached hydrogens (tertiary/aromatic N) is 1. The first-order valence-electron chi connectivity index (χ1n) is 7.31. The summed E-state index contributed by atoms with van der Waals surface area (Å²) in [6, 6.07) is 1.20. The molecule has 23 heavy (non-hydrogen) atoms. The molecule has 128 valence electrons. The van der Waals surface area contributed by atoms with Crippen LogP contribution in [0.3, 0.4) is 0 Å². The van der Waals surface area contributed by atoms with Gasteiger partial charge in [0.15, 0.2) is 0 Å². The van der Waals surface area contributed by atoms with Crippen molar-refractivity contribution in [1.82, 2.24) is 10.3 Å². The van der Waals surface area contributed by atoms with Crippen LogP contribution in [0.2, 0.25) is 0 Å². The molecule has 1 aromatic rings. The minimum absolute atomic E-state index is 0.0336. The van der Waals surface area contributed by atoms with Gasteiger partial charge in [0.05, 0.1) is 31.9 Å². The summed E-state index contributed by atoms with van der Waals surface area (Å²) in [5.74, 6) is -0.206. The normalized spacial score (nSPS) is 22.1. The average Bonchev–Trinajstić information content (AvgIpc) is 2.47. The standard InChI is InChI=1S/C15H19F3N2O3/c1-23-12-6-10(7-19-8-12)14(9-4-11(21)5-9)20-13(22)2-3-15(16,17)18/h6-9,11,14,21H,2-5H2,1H3,(H,20,22). The lowest BCUT2D eigenvalue weighted by Gasteiger charge is -2.38. The van der Waals surface area contributed by atoms with Crippen LogP contribution in [-0.2, 0) is 4.79 Å². The van der Waals surface area contributed by atoms with Crippen LogP contribution in [0.15, 0.2) is 18.5 Å². The lowest BCUT2D eigenvalue weighted by molar-refractivity contribution is -0.144. The number of ether oxygens (including phenoxy) is 1. The van der Waals surface area contributed by atoms with Crippen LogP contribution in [0.4, 0.5) is 13.2 Å². The number of nitrogens with one attached hydrogen (secondary N) is 1. The number of amides is 1. The van der Waals surface area contributed by atoms with Crippen molar-refractivity contribution < 1.29 is 27.8 Å². The van der Waals surface area contributed by atoms with E-state index in [0.717, 1.165) is 0 Å². The maximum absolute atomic E-state index is 12.2. The number of hydrogen-bond acceptors (Lipinski definition) is 4. The lowest BCUT2D eigenvalue weighted by Crippen LogP contribution is -2.41. The van der Waals surface area contributed by atoms with Crippen LogP contribution < -0.4 is 10.1 Å². The first-order valence-corrected chi connectivity index (χ1v) is 7.31. The van der Waals surface area contributed by atoms with E-state index in [0.29, 0.717) is 24.2 Å². The predicted octanol–water partition coefficient (Wildman–Crippen LogP) is 2.36. The second kappa shape index (κ2) is 7.16. The van der Waals surface area contributed by atoms with Crippen LogP contribution in [0.25, 0.3) is 0 Å². The number of aliphatic hydroxyl groups excluding tert-OH is 1. The van der Waals surface area contributed by atoms with Crippen LogP contribution in [-0.4, -0.2) is 35.4 Å². The van der Waals surface area contributed by atoms with Gasteiger partial charge in [-0.15, -0.1) is 0 Å². The summed E-state index contributed by atoms with van der Waals surface area (Å²) < 4.78 is 41.7. The molecule has 0 saturated heterocycles. The Morgan fingerprint density at radius 3 is 2.74 bits per heavy atom. The summed E-state index contributed by atoms with van der Waals surface area (Å²) >= 11 is 0. The van der Waals surface area contributed by atoms with Crippen LogP contribution in [0.5, 0.6) is 5.75 Å². The van der Waals surface area contributed by atoms with Gasteiger partial charge in [-0.3, -0.25) is 9.78 Å². The smallest absolute Gasteiger partial charge is 0.389 e. The molecule has 5 nitrogen and oxygen atoms in total. The van der Waals surface area contributed by atoms with Gasteiger partial charge in [-0.2, -0.15) is 13.2 Å². The Morgan fingerprint density at radius 1 is 1.48 bits per heavy atom. The van der Waals surface area contributed by atoms with E-state index in [1.54, 1.807) is 12.3 Å². The summed E-state index contributed by atoms with van der Waals surface area (Å²) in [6.07, 6.45) is -2.56. The minimum Gasteiger partial charge on any atom is -0.495 e. The Morgan fingerprint density at radius 2 is 2.17 bits per heavy atom. The molecule has 1 aromatic heterocycles. The van der Waals surface area contributed by atoms with E-state index in [4.69, 9.17) is 4.74 Å². The monoisotopic (exact) mass is 332 g/mol. The molecule has 0 bridgehead atoms. The molecule has 1 saturated carbocycles. The maximum atomic E-state index is 12.2. The van der Waals surface area contributed by atoms with Crippen LogP contribution >= 0.6 is 0 Å². The molecule has 0 aromatic carbocycles. The number of rotatable bonds is 6. The van der Waals surface area contributed by atoms with E-state index in [9.17, 15) is 23.1 Å². The highest BCUT2D eigenvalue weighted by molar-refractivity contribution is 5.76. The van der Waals surface area contributed by atoms with Crippen molar-refractivity contribution >= 4 is 5.91 Å². The molecule has 0 aliphatic heterocycles. The number of halogens is 3. The fourth-order valence-corrected chi connectivity index (χ4v) is 2.59. The number of methoxy groups -OCH3 is 1. The Kier molecular flexibility index (Phi) is 5.46. The van der Waals surface area contributed by atoms with Gasteiger partial charge in [0.2, 0.25) is 5.91 Å². The summed E-state index contributed by atoms with van der Waals surface area (Å²) in [7, 11) is 1.48. The molecular weight excluding hydrogens is 313 g/mol. The number of pyridine rings is 1. The molecule has 1 aliphatic carbocycles. The first-order chi connectivity index (χ1) is 10.8. The molecule has 1 amide bonds. The zero-order valence-corrected chi connectivity index (χ0v) is 12.6. The Hall–Kier alpha value is -1.83. The Balaban J connectivity index is 2.07. The summed E-state index contributed by atoms with van der Waals surface area (Å²) in [6.45, 7) is 0. The molecule has 0 spiro atoms. The van der Waals surface area contributed by atoms with E-state index in [1.807, 2.05) is 0 Å². The van der Waals surface area contributed by atoms with Crippen LogP contribution in [0.1, 0.15) is 37.3 Å². The largest absolute Gasteiger partial charge is 0.495 e. The van der Waals surface area contributed by atoms with E-state index in [-0.39, 0.29) is 5.92 Å². The molecule has 1 aliphatic rings. The molecule has 1 unspecified atom stereocenters. The second-order valence-electron chi connectivity index (χ2n) is 5.70. The van der Waals surface area contributed by atoms with Crippen molar-refractivity contribution in [1.29, 1.82) is 0 Å². The topological polar surface area (TPSA) is 71.5 Å². The number of alkyl halides is 3. The number of aromatic nitrogens is 1. The Labute approximate surface area is 131 Å². The first kappa shape index (κ1) is 17.5. The molecule has 2 rings (SSSR count). The van der Waals surface area contributed by atoms with Crippen molar-refractivity contribution in [3.63, 3.8) is 0 Å². The number of hydrogen-bond donors (Lipinski definition) is 2. The molecular formula is C15H19F3N2O3. The van der Waals surface area contributed by atoms with Crippen molar-refractivity contribution in [3.05, 3.63) is 24.0 Å². The van der Waals surface area contributed by atoms with Crippen LogP contribution in [0, 0.1) is 5.92 Å². The number of carbonyl (C=O) groups excluding carboxylic acids is 1. The third-order valence-corrected chi connectivity index (χ3v) is 3.90. The van der Waals surface area contributed by atoms with Gasteiger partial charge < -0.3 is 15.2 Å². The fraction of sp³-hybridized carbons (Fsp3) is 0.600. The maximum Gasteiger partial charge on any atom is 0.389 e. The molecule has 8 heteroatoms. The van der Waals surface area contributed by atoms with Gasteiger partial charge in [0.1, 0.15) is 5.75 Å². The second-order valence-corrected chi connectivity index (χ2v) is 5.70. The van der Waals surface area contributed by atoms with Gasteiger partial charge in [-0.25, -0.2) is 0 Å². The minimum atomic E-state index is -4.36. The zero-order valence-electron chi connectivity index (χ0n) is 12.6. The molecule has 0 radical (unpaired) electrons. The third kappa shape index (κ3) is 5.09. The van der Waals surface area contributed by atoms with Gasteiger partial charge in [0.25, 0.3) is 0 Å². The quantitative estimate of drug-likeness (QED) is 0.839. The van der Waals surface area contributed by atoms with Gasteiger partial charge in [0, 0.05) is 12.6 Å². The highest BCUT2D eigenvalue weighted by atomic mass is 19.4.